The molecular weight excluding hydrogens is 320 g/mol. The summed E-state index contributed by atoms with van der Waals surface area (Å²) in [5.74, 6) is -0.410. The number of hydrogen-bond acceptors (Lipinski definition) is 5. The van der Waals surface area contributed by atoms with Gasteiger partial charge in [-0.3, -0.25) is 4.79 Å². The van der Waals surface area contributed by atoms with Crippen LogP contribution in [0.2, 0.25) is 0 Å². The summed E-state index contributed by atoms with van der Waals surface area (Å²) in [7, 11) is 0. The number of thiazole rings is 1. The van der Waals surface area contributed by atoms with Crippen molar-refractivity contribution in [1.29, 1.82) is 0 Å². The highest BCUT2D eigenvalue weighted by Gasteiger charge is 2.12. The third-order valence-electron chi connectivity index (χ3n) is 3.74. The van der Waals surface area contributed by atoms with Crippen molar-refractivity contribution in [2.24, 2.45) is 5.73 Å². The zero-order chi connectivity index (χ0) is 16.9. The second-order valence-corrected chi connectivity index (χ2v) is 6.46. The first-order chi connectivity index (χ1) is 11.7. The van der Waals surface area contributed by atoms with E-state index in [1.54, 1.807) is 6.20 Å². The molecule has 0 saturated heterocycles. The molecule has 3 aromatic rings. The molecule has 0 aliphatic rings. The number of hydrogen-bond donors (Lipinski definition) is 1. The molecule has 122 valence electrons. The molecule has 4 nitrogen and oxygen atoms in total. The molecule has 0 bridgehead atoms. The summed E-state index contributed by atoms with van der Waals surface area (Å²) in [5, 5.41) is 0.920. The lowest BCUT2D eigenvalue weighted by Crippen LogP contribution is -2.16. The van der Waals surface area contributed by atoms with Crippen LogP contribution in [0.25, 0.3) is 21.7 Å². The molecule has 0 aliphatic carbocycles. The van der Waals surface area contributed by atoms with Crippen LogP contribution in [0.15, 0.2) is 54.7 Å². The lowest BCUT2D eigenvalue weighted by molar-refractivity contribution is -0.143. The Morgan fingerprint density at radius 2 is 1.88 bits per heavy atom. The smallest absolute Gasteiger partial charge is 0.320 e. The predicted molar refractivity (Wildman–Crippen MR) is 96.6 cm³/mol. The van der Waals surface area contributed by atoms with E-state index in [0.29, 0.717) is 0 Å². The van der Waals surface area contributed by atoms with Crippen molar-refractivity contribution in [3.05, 3.63) is 65.2 Å². The number of benzene rings is 2. The van der Waals surface area contributed by atoms with Gasteiger partial charge in [0, 0.05) is 11.8 Å². The first-order valence-corrected chi connectivity index (χ1v) is 8.46. The maximum atomic E-state index is 11.2. The fourth-order valence-electron chi connectivity index (χ4n) is 2.51. The van der Waals surface area contributed by atoms with Gasteiger partial charge >= 0.3 is 5.97 Å². The Morgan fingerprint density at radius 3 is 2.62 bits per heavy atom. The number of carbonyl (C=O) groups is 1. The summed E-state index contributed by atoms with van der Waals surface area (Å²) in [6.45, 7) is 2.21. The summed E-state index contributed by atoms with van der Waals surface area (Å²) >= 11 is 1.53. The molecule has 0 aliphatic heterocycles. The van der Waals surface area contributed by atoms with Gasteiger partial charge in [-0.25, -0.2) is 4.98 Å². The first-order valence-electron chi connectivity index (χ1n) is 7.65. The molecule has 1 heterocycles. The second kappa shape index (κ2) is 7.38. The Balaban J connectivity index is 1.88. The van der Waals surface area contributed by atoms with E-state index in [9.17, 15) is 4.79 Å². The molecule has 1 aromatic heterocycles. The number of esters is 1. The van der Waals surface area contributed by atoms with Crippen molar-refractivity contribution in [2.75, 3.05) is 6.54 Å². The van der Waals surface area contributed by atoms with E-state index in [4.69, 9.17) is 10.5 Å². The summed E-state index contributed by atoms with van der Waals surface area (Å²) in [6.07, 6.45) is 1.75. The van der Waals surface area contributed by atoms with E-state index >= 15 is 0 Å². The highest BCUT2D eigenvalue weighted by molar-refractivity contribution is 7.15. The van der Waals surface area contributed by atoms with E-state index in [0.717, 1.165) is 15.4 Å². The number of nitrogens with zero attached hydrogens (tertiary/aromatic N) is 1. The van der Waals surface area contributed by atoms with Crippen LogP contribution in [-0.2, 0) is 16.1 Å². The number of aromatic nitrogens is 1. The van der Waals surface area contributed by atoms with Gasteiger partial charge in [-0.1, -0.05) is 48.5 Å². The normalized spacial score (nSPS) is 10.6. The summed E-state index contributed by atoms with van der Waals surface area (Å²) in [5.41, 5.74) is 9.90. The minimum absolute atomic E-state index is 0.107. The maximum Gasteiger partial charge on any atom is 0.320 e. The highest BCUT2D eigenvalue weighted by Crippen LogP contribution is 2.33. The quantitative estimate of drug-likeness (QED) is 0.719. The Labute approximate surface area is 144 Å². The molecule has 0 unspecified atom stereocenters. The molecule has 24 heavy (non-hydrogen) atoms. The number of ether oxygens (including phenoxy) is 1. The zero-order valence-electron chi connectivity index (χ0n) is 13.4. The molecule has 0 saturated carbocycles. The molecular formula is C19H18N2O2S. The van der Waals surface area contributed by atoms with Crippen LogP contribution >= 0.6 is 11.3 Å². The van der Waals surface area contributed by atoms with Gasteiger partial charge in [0.25, 0.3) is 0 Å². The van der Waals surface area contributed by atoms with E-state index in [1.165, 1.54) is 28.0 Å². The molecule has 5 heteroatoms. The monoisotopic (exact) mass is 338 g/mol. The van der Waals surface area contributed by atoms with Crippen LogP contribution in [-0.4, -0.2) is 17.5 Å². The fraction of sp³-hybridized carbons (Fsp3) is 0.158. The Kier molecular flexibility index (Phi) is 5.03. The number of carbonyl (C=O) groups excluding carboxylic acids is 1. The van der Waals surface area contributed by atoms with E-state index in [1.807, 2.05) is 24.3 Å². The van der Waals surface area contributed by atoms with E-state index in [2.05, 4.69) is 36.2 Å². The van der Waals surface area contributed by atoms with Crippen molar-refractivity contribution in [2.45, 2.75) is 13.5 Å². The number of nitrogens with two attached hydrogens (primary N) is 1. The van der Waals surface area contributed by atoms with Crippen LogP contribution in [0.3, 0.4) is 0 Å². The standard InChI is InChI=1S/C19H18N2O2S/c1-13-16(14-6-3-2-4-7-14)8-5-9-17(13)19-21-11-15(24-19)12-23-18(22)10-20/h2-9,11H,10,12,20H2,1H3. The van der Waals surface area contributed by atoms with E-state index in [-0.39, 0.29) is 13.2 Å². The maximum absolute atomic E-state index is 11.2. The van der Waals surface area contributed by atoms with Gasteiger partial charge in [-0.15, -0.1) is 11.3 Å². The van der Waals surface area contributed by atoms with Gasteiger partial charge in [0.05, 0.1) is 11.4 Å². The molecule has 2 N–H and O–H groups in total. The minimum atomic E-state index is -0.410. The van der Waals surface area contributed by atoms with Gasteiger partial charge in [0.15, 0.2) is 0 Å². The zero-order valence-corrected chi connectivity index (χ0v) is 14.2. The molecule has 0 radical (unpaired) electrons. The lowest BCUT2D eigenvalue weighted by atomic mass is 9.97. The summed E-state index contributed by atoms with van der Waals surface area (Å²) in [4.78, 5) is 16.5. The average molecular weight is 338 g/mol. The van der Waals surface area contributed by atoms with Crippen LogP contribution in [0.5, 0.6) is 0 Å². The van der Waals surface area contributed by atoms with Gasteiger partial charge in [-0.05, 0) is 23.6 Å². The molecule has 0 amide bonds. The number of rotatable bonds is 5. The van der Waals surface area contributed by atoms with Crippen LogP contribution in [0, 0.1) is 6.92 Å². The Bertz CT molecular complexity index is 844. The SMILES string of the molecule is Cc1c(-c2ccccc2)cccc1-c1ncc(COC(=O)CN)s1. The largest absolute Gasteiger partial charge is 0.459 e. The van der Waals surface area contributed by atoms with E-state index < -0.39 is 5.97 Å². The molecule has 0 atom stereocenters. The molecule has 0 spiro atoms. The van der Waals surface area contributed by atoms with Crippen molar-refractivity contribution < 1.29 is 9.53 Å². The van der Waals surface area contributed by atoms with Crippen LogP contribution < -0.4 is 5.73 Å². The lowest BCUT2D eigenvalue weighted by Gasteiger charge is -2.09. The van der Waals surface area contributed by atoms with Crippen LogP contribution in [0.4, 0.5) is 0 Å². The van der Waals surface area contributed by atoms with Crippen molar-refractivity contribution in [1.82, 2.24) is 4.98 Å². The summed E-state index contributed by atoms with van der Waals surface area (Å²) < 4.78 is 5.06. The summed E-state index contributed by atoms with van der Waals surface area (Å²) in [6, 6.07) is 16.5. The second-order valence-electron chi connectivity index (χ2n) is 5.34. The third-order valence-corrected chi connectivity index (χ3v) is 4.75. The van der Waals surface area contributed by atoms with Crippen molar-refractivity contribution >= 4 is 17.3 Å². The third kappa shape index (κ3) is 3.53. The topological polar surface area (TPSA) is 65.2 Å². The van der Waals surface area contributed by atoms with Crippen molar-refractivity contribution in [3.8, 4) is 21.7 Å². The van der Waals surface area contributed by atoms with Gasteiger partial charge in [0.1, 0.15) is 11.6 Å². The predicted octanol–water partition coefficient (Wildman–Crippen LogP) is 3.79. The fourth-order valence-corrected chi connectivity index (χ4v) is 3.42. The highest BCUT2D eigenvalue weighted by atomic mass is 32.1. The Hall–Kier alpha value is -2.50. The van der Waals surface area contributed by atoms with Crippen LogP contribution in [0.1, 0.15) is 10.4 Å². The molecule has 2 aromatic carbocycles. The van der Waals surface area contributed by atoms with Gasteiger partial charge in [0.2, 0.25) is 0 Å². The average Bonchev–Trinajstić information content (AvgIpc) is 3.09. The Morgan fingerprint density at radius 1 is 1.12 bits per heavy atom. The minimum Gasteiger partial charge on any atom is -0.459 e. The molecule has 3 rings (SSSR count). The molecule has 0 fully saturated rings. The van der Waals surface area contributed by atoms with Crippen molar-refractivity contribution in [3.63, 3.8) is 0 Å². The first kappa shape index (κ1) is 16.4. The van der Waals surface area contributed by atoms with Gasteiger partial charge in [-0.2, -0.15) is 0 Å². The van der Waals surface area contributed by atoms with Gasteiger partial charge < -0.3 is 10.5 Å².